The highest BCUT2D eigenvalue weighted by atomic mass is 19.1. The van der Waals surface area contributed by atoms with Crippen molar-refractivity contribution in [2.45, 2.75) is 32.0 Å². The Balaban J connectivity index is 1.40. The second-order valence-electron chi connectivity index (χ2n) is 9.98. The first-order valence-corrected chi connectivity index (χ1v) is 13.1. The number of non-ortho nitro benzene ring substituents is 1. The van der Waals surface area contributed by atoms with Crippen molar-refractivity contribution in [3.05, 3.63) is 87.7 Å². The predicted molar refractivity (Wildman–Crippen MR) is 145 cm³/mol. The van der Waals surface area contributed by atoms with E-state index in [0.717, 1.165) is 11.3 Å². The van der Waals surface area contributed by atoms with E-state index >= 15 is 0 Å². The lowest BCUT2D eigenvalue weighted by Gasteiger charge is -2.37. The molecule has 1 fully saturated rings. The average Bonchev–Trinajstić information content (AvgIpc) is 3.17. The van der Waals surface area contributed by atoms with Crippen LogP contribution in [0.1, 0.15) is 23.4 Å². The minimum absolute atomic E-state index is 0.0149. The summed E-state index contributed by atoms with van der Waals surface area (Å²) in [5, 5.41) is 13.8. The number of nitrogens with zero attached hydrogens (tertiary/aromatic N) is 6. The molecule has 0 radical (unpaired) electrons. The number of rotatable bonds is 5. The number of hydrogen-bond acceptors (Lipinski definition) is 6. The zero-order valence-corrected chi connectivity index (χ0v) is 22.1. The molecule has 0 aliphatic carbocycles. The number of hydrogen-bond donors (Lipinski definition) is 2. The minimum Gasteiger partial charge on any atom is -0.351 e. The van der Waals surface area contributed by atoms with Gasteiger partial charge in [0.1, 0.15) is 11.9 Å². The maximum Gasteiger partial charge on any atom is 0.322 e. The molecule has 1 saturated heterocycles. The van der Waals surface area contributed by atoms with Crippen LogP contribution in [0.5, 0.6) is 0 Å². The summed E-state index contributed by atoms with van der Waals surface area (Å²) < 4.78 is 15.3. The molecule has 2 aliphatic heterocycles. The lowest BCUT2D eigenvalue weighted by Crippen LogP contribution is -2.55. The second kappa shape index (κ2) is 11.6. The molecular weight excluding hydrogens is 535 g/mol. The van der Waals surface area contributed by atoms with Crippen LogP contribution in [0, 0.1) is 15.9 Å². The van der Waals surface area contributed by atoms with Gasteiger partial charge in [0.05, 0.1) is 29.2 Å². The van der Waals surface area contributed by atoms with Gasteiger partial charge in [-0.1, -0.05) is 12.1 Å². The Kier molecular flexibility index (Phi) is 7.81. The van der Waals surface area contributed by atoms with E-state index in [1.807, 2.05) is 4.57 Å². The predicted octanol–water partition coefficient (Wildman–Crippen LogP) is 2.55. The smallest absolute Gasteiger partial charge is 0.322 e. The Morgan fingerprint density at radius 2 is 1.71 bits per heavy atom. The molecule has 1 atom stereocenters. The van der Waals surface area contributed by atoms with Crippen LogP contribution in [0.3, 0.4) is 0 Å². The van der Waals surface area contributed by atoms with Gasteiger partial charge in [0.15, 0.2) is 0 Å². The van der Waals surface area contributed by atoms with Crippen LogP contribution in [0.25, 0.3) is 0 Å². The van der Waals surface area contributed by atoms with Crippen LogP contribution in [-0.4, -0.2) is 79.4 Å². The van der Waals surface area contributed by atoms with Crippen molar-refractivity contribution in [1.29, 1.82) is 0 Å². The van der Waals surface area contributed by atoms with Crippen LogP contribution in [0.2, 0.25) is 0 Å². The number of nitro benzene ring substituents is 1. The zero-order valence-electron chi connectivity index (χ0n) is 22.1. The number of nitro groups is 1. The summed E-state index contributed by atoms with van der Waals surface area (Å²) in [7, 11) is 0. The maximum atomic E-state index is 13.8. The number of carbonyl (C=O) groups is 3. The Hall–Kier alpha value is -5.01. The van der Waals surface area contributed by atoms with Crippen LogP contribution in [0.4, 0.5) is 25.4 Å². The van der Waals surface area contributed by atoms with Crippen molar-refractivity contribution in [3.63, 3.8) is 0 Å². The first-order valence-electron chi connectivity index (χ1n) is 13.1. The van der Waals surface area contributed by atoms with Gasteiger partial charge in [-0.15, -0.1) is 0 Å². The number of fused-ring (bicyclic) bond motifs is 1. The molecule has 2 aromatic carbocycles. The number of aromatic nitrogens is 2. The molecule has 0 bridgehead atoms. The van der Waals surface area contributed by atoms with E-state index in [9.17, 15) is 28.9 Å². The van der Waals surface area contributed by atoms with Crippen LogP contribution in [-0.2, 0) is 24.3 Å². The number of nitrogens with one attached hydrogen (secondary N) is 1. The average molecular weight is 565 g/mol. The van der Waals surface area contributed by atoms with Crippen molar-refractivity contribution in [2.75, 3.05) is 31.5 Å². The summed E-state index contributed by atoms with van der Waals surface area (Å²) in [4.78, 5) is 58.7. The van der Waals surface area contributed by atoms with E-state index in [4.69, 9.17) is 5.73 Å². The first kappa shape index (κ1) is 27.6. The second-order valence-corrected chi connectivity index (χ2v) is 9.98. The minimum atomic E-state index is -0.856. The normalized spacial score (nSPS) is 17.0. The van der Waals surface area contributed by atoms with Gasteiger partial charge in [0.2, 0.25) is 5.91 Å². The molecule has 5 amide bonds. The molecule has 14 heteroatoms. The largest absolute Gasteiger partial charge is 0.351 e. The van der Waals surface area contributed by atoms with Crippen molar-refractivity contribution in [1.82, 2.24) is 24.3 Å². The fraction of sp³-hybridized carbons (Fsp3) is 0.333. The highest BCUT2D eigenvalue weighted by Crippen LogP contribution is 2.26. The number of nitrogens with two attached hydrogens (primary N) is 1. The molecule has 1 unspecified atom stereocenters. The summed E-state index contributed by atoms with van der Waals surface area (Å²) in [5.74, 6) is -0.707. The van der Waals surface area contributed by atoms with E-state index < -0.39 is 28.8 Å². The highest BCUT2D eigenvalue weighted by molar-refractivity contribution is 5.94. The molecule has 0 spiro atoms. The topological polar surface area (TPSA) is 160 Å². The van der Waals surface area contributed by atoms with Crippen LogP contribution in [0.15, 0.2) is 54.9 Å². The van der Waals surface area contributed by atoms with Crippen LogP contribution < -0.4 is 11.1 Å². The fourth-order valence-electron chi connectivity index (χ4n) is 5.15. The summed E-state index contributed by atoms with van der Waals surface area (Å²) in [6.45, 7) is 1.87. The molecule has 2 aliphatic rings. The molecule has 13 nitrogen and oxygen atoms in total. The van der Waals surface area contributed by atoms with Gasteiger partial charge in [-0.2, -0.15) is 0 Å². The number of primary amides is 1. The molecular formula is C27H29FN8O5. The van der Waals surface area contributed by atoms with E-state index in [2.05, 4.69) is 10.3 Å². The monoisotopic (exact) mass is 564 g/mol. The van der Waals surface area contributed by atoms with E-state index in [1.165, 1.54) is 46.2 Å². The third-order valence-electron chi connectivity index (χ3n) is 7.38. The standard InChI is InChI=1S/C27H29FN8O5/c28-19-4-6-20(7-5-19)31-27(39)35-16-24-22(30-17-34(24)15-18-2-8-21(9-3-18)36(40)41)14-23(35)25(37)32-10-1-11-33(13-12-32)26(29)38/h2-9,17,23H,1,10-16H2,(H2,29,38)(H,31,39). The third kappa shape index (κ3) is 6.10. The molecule has 3 aromatic rings. The van der Waals surface area contributed by atoms with Gasteiger partial charge in [-0.25, -0.2) is 19.0 Å². The quantitative estimate of drug-likeness (QED) is 0.358. The Morgan fingerprint density at radius 1 is 1.02 bits per heavy atom. The van der Waals surface area contributed by atoms with Crippen molar-refractivity contribution >= 4 is 29.3 Å². The fourth-order valence-corrected chi connectivity index (χ4v) is 5.15. The van der Waals surface area contributed by atoms with Crippen LogP contribution >= 0.6 is 0 Å². The third-order valence-corrected chi connectivity index (χ3v) is 7.38. The van der Waals surface area contributed by atoms with Gasteiger partial charge < -0.3 is 30.3 Å². The van der Waals surface area contributed by atoms with Crippen molar-refractivity contribution in [3.8, 4) is 0 Å². The number of amides is 5. The summed E-state index contributed by atoms with van der Waals surface area (Å²) in [6.07, 6.45) is 2.36. The Labute approximate surface area is 234 Å². The summed E-state index contributed by atoms with van der Waals surface area (Å²) in [6, 6.07) is 9.58. The highest BCUT2D eigenvalue weighted by Gasteiger charge is 2.39. The van der Waals surface area contributed by atoms with Crippen molar-refractivity contribution in [2.24, 2.45) is 5.73 Å². The maximum absolute atomic E-state index is 13.8. The van der Waals surface area contributed by atoms with E-state index in [-0.39, 0.29) is 31.1 Å². The molecule has 3 heterocycles. The van der Waals surface area contributed by atoms with Gasteiger partial charge >= 0.3 is 12.1 Å². The SMILES string of the molecule is NC(=O)N1CCCN(C(=O)C2Cc3ncn(Cc4ccc([N+](=O)[O-])cc4)c3CN2C(=O)Nc2ccc(F)cc2)CC1. The number of imidazole rings is 1. The van der Waals surface area contributed by atoms with Gasteiger partial charge in [0.25, 0.3) is 5.69 Å². The number of anilines is 1. The van der Waals surface area contributed by atoms with E-state index in [1.54, 1.807) is 23.4 Å². The molecule has 5 rings (SSSR count). The molecule has 41 heavy (non-hydrogen) atoms. The molecule has 214 valence electrons. The van der Waals surface area contributed by atoms with Gasteiger partial charge in [0, 0.05) is 57.0 Å². The van der Waals surface area contributed by atoms with Gasteiger partial charge in [-0.05, 0) is 36.2 Å². The molecule has 3 N–H and O–H groups in total. The van der Waals surface area contributed by atoms with E-state index in [0.29, 0.717) is 44.0 Å². The Bertz CT molecular complexity index is 1460. The zero-order chi connectivity index (χ0) is 29.1. The van der Waals surface area contributed by atoms with Crippen molar-refractivity contribution < 1.29 is 23.7 Å². The summed E-state index contributed by atoms with van der Waals surface area (Å²) in [5.41, 5.74) is 8.00. The molecule has 0 saturated carbocycles. The number of carbonyl (C=O) groups excluding carboxylic acids is 3. The van der Waals surface area contributed by atoms with Gasteiger partial charge in [-0.3, -0.25) is 14.9 Å². The number of urea groups is 2. The lowest BCUT2D eigenvalue weighted by atomic mass is 10.0. The lowest BCUT2D eigenvalue weighted by molar-refractivity contribution is -0.384. The molecule has 1 aromatic heterocycles. The first-order chi connectivity index (χ1) is 19.7. The number of halogens is 1. The number of benzene rings is 2. The summed E-state index contributed by atoms with van der Waals surface area (Å²) >= 11 is 0. The Morgan fingerprint density at radius 3 is 2.39 bits per heavy atom.